The Balaban J connectivity index is 0.00000195. The molecule has 0 radical (unpaired) electrons. The van der Waals surface area contributed by atoms with E-state index in [4.69, 9.17) is 4.74 Å². The van der Waals surface area contributed by atoms with E-state index >= 15 is 0 Å². The molecule has 1 N–H and O–H groups in total. The second-order valence-electron chi connectivity index (χ2n) is 8.68. The summed E-state index contributed by atoms with van der Waals surface area (Å²) in [6.45, 7) is 10.1. The van der Waals surface area contributed by atoms with E-state index in [9.17, 15) is 18.0 Å². The van der Waals surface area contributed by atoms with Gasteiger partial charge in [0, 0.05) is 50.8 Å². The number of alkyl halides is 3. The van der Waals surface area contributed by atoms with Crippen LogP contribution in [0.1, 0.15) is 31.9 Å². The minimum atomic E-state index is -4.52. The maximum absolute atomic E-state index is 13.8. The first-order chi connectivity index (χ1) is 18.3. The van der Waals surface area contributed by atoms with Gasteiger partial charge in [-0.25, -0.2) is 0 Å². The third-order valence-corrected chi connectivity index (χ3v) is 6.22. The summed E-state index contributed by atoms with van der Waals surface area (Å²) in [7, 11) is 0. The second kappa shape index (κ2) is 13.9. The summed E-state index contributed by atoms with van der Waals surface area (Å²) in [6.07, 6.45) is -1.08. The summed E-state index contributed by atoms with van der Waals surface area (Å²) in [5.74, 6) is -0.0600. The topological polar surface area (TPSA) is 57.7 Å². The molecule has 0 spiro atoms. The molecular weight excluding hydrogens is 493 g/mol. The number of anilines is 1. The van der Waals surface area contributed by atoms with Crippen molar-refractivity contribution >= 4 is 11.6 Å². The van der Waals surface area contributed by atoms with Crippen molar-refractivity contribution in [1.29, 1.82) is 0 Å². The molecule has 2 heterocycles. The maximum Gasteiger partial charge on any atom is 0.416 e. The lowest BCUT2D eigenvalue weighted by atomic mass is 10.0. The zero-order valence-corrected chi connectivity index (χ0v) is 22.1. The van der Waals surface area contributed by atoms with E-state index < -0.39 is 17.6 Å². The number of aromatic nitrogens is 1. The highest BCUT2D eigenvalue weighted by Crippen LogP contribution is 2.34. The highest BCUT2D eigenvalue weighted by molar-refractivity contribution is 5.92. The van der Waals surface area contributed by atoms with E-state index in [2.05, 4.69) is 22.1 Å². The van der Waals surface area contributed by atoms with Gasteiger partial charge in [0.25, 0.3) is 5.91 Å². The summed E-state index contributed by atoms with van der Waals surface area (Å²) in [4.78, 5) is 20.7. The zero-order chi connectivity index (χ0) is 27.5. The van der Waals surface area contributed by atoms with Crippen LogP contribution in [0.25, 0.3) is 11.1 Å². The molecule has 0 unspecified atom stereocenters. The number of pyridine rings is 1. The van der Waals surface area contributed by atoms with Gasteiger partial charge in [-0.15, -0.1) is 0 Å². The van der Waals surface area contributed by atoms with Gasteiger partial charge in [0.15, 0.2) is 6.61 Å². The van der Waals surface area contributed by atoms with Crippen LogP contribution >= 0.6 is 0 Å². The fraction of sp³-hybridized carbons (Fsp3) is 0.379. The quantitative estimate of drug-likeness (QED) is 0.392. The lowest BCUT2D eigenvalue weighted by molar-refractivity contribution is -0.138. The molecule has 1 aliphatic heterocycles. The summed E-state index contributed by atoms with van der Waals surface area (Å²) in [5, 5.41) is 2.51. The predicted molar refractivity (Wildman–Crippen MR) is 144 cm³/mol. The SMILES string of the molecule is CC.CCN1CCN(Cc2ccc(NC(=O)COc3ccc(-c4cccnc4)cc3)cc2C(F)(F)F)CC1. The van der Waals surface area contributed by atoms with E-state index in [0.29, 0.717) is 5.75 Å². The Morgan fingerprint density at radius 2 is 1.66 bits per heavy atom. The number of halogens is 3. The molecule has 9 heteroatoms. The number of ether oxygens (including phenoxy) is 1. The molecule has 0 atom stereocenters. The largest absolute Gasteiger partial charge is 0.484 e. The van der Waals surface area contributed by atoms with Crippen molar-refractivity contribution in [2.45, 2.75) is 33.5 Å². The third-order valence-electron chi connectivity index (χ3n) is 6.22. The summed E-state index contributed by atoms with van der Waals surface area (Å²) in [5.41, 5.74) is 1.46. The molecule has 0 aliphatic carbocycles. The molecule has 38 heavy (non-hydrogen) atoms. The number of piperazine rings is 1. The van der Waals surface area contributed by atoms with Gasteiger partial charge in [-0.05, 0) is 53.6 Å². The monoisotopic (exact) mass is 528 g/mol. The molecule has 0 saturated carbocycles. The summed E-state index contributed by atoms with van der Waals surface area (Å²) >= 11 is 0. The summed E-state index contributed by atoms with van der Waals surface area (Å²) in [6, 6.07) is 14.9. The molecule has 1 aliphatic rings. The standard InChI is InChI=1S/C27H29F3N4O2.C2H6/c1-2-33-12-14-34(15-13-33)18-22-5-8-23(16-25(22)27(28,29)30)32-26(35)19-36-24-9-6-20(7-10-24)21-4-3-11-31-17-21;1-2/h3-11,16-17H,2,12-15,18-19H2,1H3,(H,32,35);1-2H3. The highest BCUT2D eigenvalue weighted by Gasteiger charge is 2.34. The van der Waals surface area contributed by atoms with Crippen LogP contribution in [0.4, 0.5) is 18.9 Å². The normalized spacial score (nSPS) is 14.4. The van der Waals surface area contributed by atoms with E-state index in [-0.39, 0.29) is 24.4 Å². The minimum absolute atomic E-state index is 0.0856. The molecule has 0 bridgehead atoms. The first kappa shape index (κ1) is 29.1. The Hall–Kier alpha value is -3.43. The number of nitrogens with zero attached hydrogens (tertiary/aromatic N) is 3. The number of likely N-dealkylation sites (N-methyl/N-ethyl adjacent to an activating group) is 1. The molecule has 3 aromatic rings. The van der Waals surface area contributed by atoms with Gasteiger partial charge in [-0.1, -0.05) is 45.0 Å². The first-order valence-corrected chi connectivity index (χ1v) is 12.9. The van der Waals surface area contributed by atoms with Crippen LogP contribution in [-0.2, 0) is 17.5 Å². The van der Waals surface area contributed by atoms with Gasteiger partial charge in [0.1, 0.15) is 5.75 Å². The molecule has 2 aromatic carbocycles. The number of hydrogen-bond donors (Lipinski definition) is 1. The van der Waals surface area contributed by atoms with Crippen molar-refractivity contribution in [3.05, 3.63) is 78.1 Å². The molecule has 1 fully saturated rings. The number of carbonyl (C=O) groups is 1. The van der Waals surface area contributed by atoms with Gasteiger partial charge in [-0.2, -0.15) is 13.2 Å². The Bertz CT molecular complexity index is 1150. The minimum Gasteiger partial charge on any atom is -0.484 e. The predicted octanol–water partition coefficient (Wildman–Crippen LogP) is 5.95. The number of nitrogens with one attached hydrogen (secondary N) is 1. The Morgan fingerprint density at radius 1 is 0.974 bits per heavy atom. The van der Waals surface area contributed by atoms with Gasteiger partial charge in [-0.3, -0.25) is 14.7 Å². The third kappa shape index (κ3) is 8.29. The van der Waals surface area contributed by atoms with Crippen LogP contribution in [0.5, 0.6) is 5.75 Å². The van der Waals surface area contributed by atoms with Crippen LogP contribution in [-0.4, -0.2) is 60.0 Å². The maximum atomic E-state index is 13.8. The number of amides is 1. The lowest BCUT2D eigenvalue weighted by Crippen LogP contribution is -2.45. The number of benzene rings is 2. The van der Waals surface area contributed by atoms with Crippen molar-refractivity contribution < 1.29 is 22.7 Å². The van der Waals surface area contributed by atoms with Gasteiger partial charge in [0.2, 0.25) is 0 Å². The zero-order valence-electron chi connectivity index (χ0n) is 22.1. The van der Waals surface area contributed by atoms with E-state index in [1.54, 1.807) is 24.5 Å². The molecule has 6 nitrogen and oxygen atoms in total. The molecule has 1 amide bonds. The van der Waals surface area contributed by atoms with Crippen molar-refractivity contribution in [3.63, 3.8) is 0 Å². The highest BCUT2D eigenvalue weighted by atomic mass is 19.4. The summed E-state index contributed by atoms with van der Waals surface area (Å²) < 4.78 is 46.9. The Morgan fingerprint density at radius 3 is 2.26 bits per heavy atom. The second-order valence-corrected chi connectivity index (χ2v) is 8.68. The number of carbonyl (C=O) groups excluding carboxylic acids is 1. The van der Waals surface area contributed by atoms with Gasteiger partial charge in [0.05, 0.1) is 5.56 Å². The molecular formula is C29H35F3N4O2. The molecule has 1 aromatic heterocycles. The average Bonchev–Trinajstić information content (AvgIpc) is 2.94. The number of hydrogen-bond acceptors (Lipinski definition) is 5. The molecule has 4 rings (SSSR count). The first-order valence-electron chi connectivity index (χ1n) is 12.9. The Kier molecular flexibility index (Phi) is 10.7. The van der Waals surface area contributed by atoms with E-state index in [1.165, 1.54) is 12.1 Å². The average molecular weight is 529 g/mol. The van der Waals surface area contributed by atoms with E-state index in [0.717, 1.165) is 49.9 Å². The number of rotatable bonds is 8. The van der Waals surface area contributed by atoms with E-state index in [1.807, 2.05) is 43.0 Å². The lowest BCUT2D eigenvalue weighted by Gasteiger charge is -2.34. The van der Waals surface area contributed by atoms with Crippen LogP contribution in [0.2, 0.25) is 0 Å². The molecule has 204 valence electrons. The van der Waals surface area contributed by atoms with Crippen LogP contribution in [0, 0.1) is 0 Å². The smallest absolute Gasteiger partial charge is 0.416 e. The van der Waals surface area contributed by atoms with Crippen molar-refractivity contribution in [2.24, 2.45) is 0 Å². The fourth-order valence-electron chi connectivity index (χ4n) is 4.18. The van der Waals surface area contributed by atoms with Crippen LogP contribution < -0.4 is 10.1 Å². The van der Waals surface area contributed by atoms with Gasteiger partial charge >= 0.3 is 6.18 Å². The fourth-order valence-corrected chi connectivity index (χ4v) is 4.18. The van der Waals surface area contributed by atoms with Crippen molar-refractivity contribution in [3.8, 4) is 16.9 Å². The van der Waals surface area contributed by atoms with Gasteiger partial charge < -0.3 is 15.0 Å². The molecule has 1 saturated heterocycles. The van der Waals surface area contributed by atoms with Crippen LogP contribution in [0.15, 0.2) is 67.0 Å². The Labute approximate surface area is 222 Å². The van der Waals surface area contributed by atoms with Crippen LogP contribution in [0.3, 0.4) is 0 Å². The van der Waals surface area contributed by atoms with Crippen molar-refractivity contribution in [1.82, 2.24) is 14.8 Å². The van der Waals surface area contributed by atoms with Crippen molar-refractivity contribution in [2.75, 3.05) is 44.6 Å².